The third-order valence-corrected chi connectivity index (χ3v) is 3.92. The average Bonchev–Trinajstić information content (AvgIpc) is 2.62. The summed E-state index contributed by atoms with van der Waals surface area (Å²) in [7, 11) is 0. The number of benzene rings is 2. The summed E-state index contributed by atoms with van der Waals surface area (Å²) in [6, 6.07) is 12.6. The van der Waals surface area contributed by atoms with Crippen LogP contribution in [0.2, 0.25) is 5.02 Å². The monoisotopic (exact) mass is 369 g/mol. The van der Waals surface area contributed by atoms with Gasteiger partial charge in [0.1, 0.15) is 24.5 Å². The zero-order valence-electron chi connectivity index (χ0n) is 13.3. The number of nitriles is 1. The van der Waals surface area contributed by atoms with Gasteiger partial charge in [-0.1, -0.05) is 23.7 Å². The van der Waals surface area contributed by atoms with E-state index in [-0.39, 0.29) is 35.3 Å². The normalized spacial score (nSPS) is 10.5. The first-order valence-corrected chi connectivity index (χ1v) is 7.90. The number of esters is 1. The topological polar surface area (TPSA) is 105 Å². The molecule has 1 heterocycles. The van der Waals surface area contributed by atoms with Crippen LogP contribution < -0.4 is 5.56 Å². The summed E-state index contributed by atoms with van der Waals surface area (Å²) >= 11 is 5.73. The lowest BCUT2D eigenvalue weighted by Crippen LogP contribution is -2.26. The van der Waals surface area contributed by atoms with Crippen molar-refractivity contribution in [2.24, 2.45) is 0 Å². The molecule has 2 aromatic carbocycles. The van der Waals surface area contributed by atoms with E-state index in [1.165, 1.54) is 18.2 Å². The fourth-order valence-electron chi connectivity index (χ4n) is 2.44. The molecule has 0 amide bonds. The van der Waals surface area contributed by atoms with E-state index in [9.17, 15) is 14.7 Å². The molecule has 8 heteroatoms. The van der Waals surface area contributed by atoms with Gasteiger partial charge in [-0.05, 0) is 30.3 Å². The number of fused-ring (bicyclic) bond motifs is 1. The lowest BCUT2D eigenvalue weighted by atomic mass is 10.2. The van der Waals surface area contributed by atoms with Crippen LogP contribution >= 0.6 is 11.6 Å². The first-order chi connectivity index (χ1) is 12.5. The molecular formula is C18H12ClN3O4. The number of carbonyl (C=O) groups is 1. The second-order valence-electron chi connectivity index (χ2n) is 5.33. The zero-order valence-corrected chi connectivity index (χ0v) is 14.1. The number of para-hydroxylation sites is 1. The number of nitrogens with zero attached hydrogens (tertiary/aromatic N) is 3. The van der Waals surface area contributed by atoms with Crippen LogP contribution in [0.4, 0.5) is 0 Å². The molecule has 1 N–H and O–H groups in total. The highest BCUT2D eigenvalue weighted by Crippen LogP contribution is 2.22. The first kappa shape index (κ1) is 17.5. The Labute approximate surface area is 152 Å². The molecule has 1 aromatic heterocycles. The van der Waals surface area contributed by atoms with E-state index in [0.29, 0.717) is 10.9 Å². The van der Waals surface area contributed by atoms with Crippen molar-refractivity contribution >= 4 is 28.5 Å². The predicted molar refractivity (Wildman–Crippen MR) is 93.9 cm³/mol. The molecule has 0 spiro atoms. The minimum atomic E-state index is -0.801. The number of carbonyl (C=O) groups excluding carboxylic acids is 1. The van der Waals surface area contributed by atoms with Crippen molar-refractivity contribution in [1.82, 2.24) is 9.55 Å². The molecule has 0 fully saturated rings. The Morgan fingerprint density at radius 3 is 2.81 bits per heavy atom. The molecule has 0 unspecified atom stereocenters. The fraction of sp³-hybridized carbons (Fsp3) is 0.111. The average molecular weight is 370 g/mol. The number of ether oxygens (including phenoxy) is 1. The van der Waals surface area contributed by atoms with Crippen LogP contribution in [0, 0.1) is 11.3 Å². The summed E-state index contributed by atoms with van der Waals surface area (Å²) in [6.07, 6.45) is 0. The number of phenols is 1. The van der Waals surface area contributed by atoms with E-state index in [4.69, 9.17) is 21.6 Å². The Morgan fingerprint density at radius 2 is 2.08 bits per heavy atom. The van der Waals surface area contributed by atoms with Gasteiger partial charge in [-0.2, -0.15) is 5.26 Å². The lowest BCUT2D eigenvalue weighted by Gasteiger charge is -2.11. The van der Waals surface area contributed by atoms with E-state index in [0.717, 1.165) is 4.57 Å². The second-order valence-corrected chi connectivity index (χ2v) is 5.77. The largest absolute Gasteiger partial charge is 0.507 e. The van der Waals surface area contributed by atoms with Crippen LogP contribution in [0.1, 0.15) is 16.2 Å². The maximum Gasteiger partial charge on any atom is 0.342 e. The van der Waals surface area contributed by atoms with E-state index in [1.807, 2.05) is 6.07 Å². The summed E-state index contributed by atoms with van der Waals surface area (Å²) in [5.74, 6) is -0.981. The minimum absolute atomic E-state index is 0.0654. The standard InChI is InChI=1S/C18H12ClN3O4/c19-11-5-6-13(15(23)9-11)18(25)26-10-16-21-14-4-2-1-3-12(14)17(24)22(16)8-7-20/h1-6,9,23H,8,10H2. The number of rotatable bonds is 4. The van der Waals surface area contributed by atoms with Crippen molar-refractivity contribution in [2.45, 2.75) is 13.2 Å². The second kappa shape index (κ2) is 7.25. The predicted octanol–water partition coefficient (Wildman–Crippen LogP) is 2.64. The van der Waals surface area contributed by atoms with Gasteiger partial charge in [0, 0.05) is 5.02 Å². The number of aromatic hydroxyl groups is 1. The van der Waals surface area contributed by atoms with E-state index >= 15 is 0 Å². The maximum absolute atomic E-state index is 12.5. The molecule has 3 aromatic rings. The SMILES string of the molecule is N#CCn1c(COC(=O)c2ccc(Cl)cc2O)nc2ccccc2c1=O. The molecule has 0 atom stereocenters. The third kappa shape index (κ3) is 3.36. The molecule has 130 valence electrons. The van der Waals surface area contributed by atoms with Gasteiger partial charge in [-0.15, -0.1) is 0 Å². The van der Waals surface area contributed by atoms with Crippen LogP contribution in [-0.4, -0.2) is 20.6 Å². The van der Waals surface area contributed by atoms with Gasteiger partial charge >= 0.3 is 5.97 Å². The Kier molecular flexibility index (Phi) is 4.87. The van der Waals surface area contributed by atoms with Crippen molar-refractivity contribution in [3.63, 3.8) is 0 Å². The molecule has 7 nitrogen and oxygen atoms in total. The molecule has 0 saturated heterocycles. The molecule has 0 aliphatic heterocycles. The van der Waals surface area contributed by atoms with Gasteiger partial charge in [-0.25, -0.2) is 9.78 Å². The molecule has 0 aliphatic rings. The van der Waals surface area contributed by atoms with Crippen molar-refractivity contribution in [2.75, 3.05) is 0 Å². The van der Waals surface area contributed by atoms with Crippen LogP contribution in [0.15, 0.2) is 47.3 Å². The highest BCUT2D eigenvalue weighted by atomic mass is 35.5. The van der Waals surface area contributed by atoms with Crippen LogP contribution in [-0.2, 0) is 17.9 Å². The van der Waals surface area contributed by atoms with Crippen LogP contribution in [0.25, 0.3) is 10.9 Å². The van der Waals surface area contributed by atoms with Crippen molar-refractivity contribution < 1.29 is 14.6 Å². The van der Waals surface area contributed by atoms with E-state index in [2.05, 4.69) is 4.98 Å². The number of aromatic nitrogens is 2. The van der Waals surface area contributed by atoms with Crippen molar-refractivity contribution in [3.05, 3.63) is 69.2 Å². The molecule has 0 aliphatic carbocycles. The van der Waals surface area contributed by atoms with Gasteiger partial charge in [0.2, 0.25) is 0 Å². The van der Waals surface area contributed by atoms with Crippen LogP contribution in [0.5, 0.6) is 5.75 Å². The highest BCUT2D eigenvalue weighted by Gasteiger charge is 2.16. The van der Waals surface area contributed by atoms with Crippen molar-refractivity contribution in [1.29, 1.82) is 5.26 Å². The van der Waals surface area contributed by atoms with Gasteiger partial charge in [-0.3, -0.25) is 9.36 Å². The Bertz CT molecular complexity index is 1100. The van der Waals surface area contributed by atoms with Crippen molar-refractivity contribution in [3.8, 4) is 11.8 Å². The number of halogens is 1. The van der Waals surface area contributed by atoms with Gasteiger partial charge < -0.3 is 9.84 Å². The molecular weight excluding hydrogens is 358 g/mol. The Hall–Kier alpha value is -3.37. The molecule has 3 rings (SSSR count). The Balaban J connectivity index is 1.93. The minimum Gasteiger partial charge on any atom is -0.507 e. The third-order valence-electron chi connectivity index (χ3n) is 3.68. The molecule has 26 heavy (non-hydrogen) atoms. The lowest BCUT2D eigenvalue weighted by molar-refractivity contribution is 0.0454. The van der Waals surface area contributed by atoms with Gasteiger partial charge in [0.15, 0.2) is 5.82 Å². The summed E-state index contributed by atoms with van der Waals surface area (Å²) in [4.78, 5) is 29.0. The van der Waals surface area contributed by atoms with E-state index in [1.54, 1.807) is 24.3 Å². The quantitative estimate of drug-likeness (QED) is 0.709. The Morgan fingerprint density at radius 1 is 1.31 bits per heavy atom. The summed E-state index contributed by atoms with van der Waals surface area (Å²) in [6.45, 7) is -0.557. The van der Waals surface area contributed by atoms with Gasteiger partial charge in [0.05, 0.1) is 17.0 Å². The molecule has 0 saturated carbocycles. The van der Waals surface area contributed by atoms with Crippen LogP contribution in [0.3, 0.4) is 0 Å². The number of phenolic OH excluding ortho intramolecular Hbond substituents is 1. The fourth-order valence-corrected chi connectivity index (χ4v) is 2.61. The number of hydrogen-bond acceptors (Lipinski definition) is 6. The molecule has 0 radical (unpaired) electrons. The zero-order chi connectivity index (χ0) is 18.7. The summed E-state index contributed by atoms with van der Waals surface area (Å²) in [5.41, 5.74) is -0.0195. The smallest absolute Gasteiger partial charge is 0.342 e. The maximum atomic E-state index is 12.5. The summed E-state index contributed by atoms with van der Waals surface area (Å²) in [5, 5.41) is 19.4. The molecule has 0 bridgehead atoms. The van der Waals surface area contributed by atoms with E-state index < -0.39 is 11.5 Å². The first-order valence-electron chi connectivity index (χ1n) is 7.52. The van der Waals surface area contributed by atoms with Gasteiger partial charge in [0.25, 0.3) is 5.56 Å². The number of hydrogen-bond donors (Lipinski definition) is 1. The summed E-state index contributed by atoms with van der Waals surface area (Å²) < 4.78 is 6.30. The highest BCUT2D eigenvalue weighted by molar-refractivity contribution is 6.30.